The van der Waals surface area contributed by atoms with E-state index < -0.39 is 0 Å². The number of phenols is 1. The molecule has 0 radical (unpaired) electrons. The number of hydrogen-bond acceptors (Lipinski definition) is 3. The number of benzene rings is 3. The second kappa shape index (κ2) is 5.75. The lowest BCUT2D eigenvalue weighted by molar-refractivity contribution is 0.476. The Balaban J connectivity index is 1.98. The number of rotatable bonds is 3. The van der Waals surface area contributed by atoms with Crippen LogP contribution in [0.3, 0.4) is 0 Å². The molecule has 0 aromatic heterocycles. The van der Waals surface area contributed by atoms with Gasteiger partial charge in [0.25, 0.3) is 0 Å². The van der Waals surface area contributed by atoms with E-state index in [1.807, 2.05) is 67.6 Å². The van der Waals surface area contributed by atoms with Gasteiger partial charge >= 0.3 is 0 Å². The van der Waals surface area contributed by atoms with E-state index in [0.717, 1.165) is 16.3 Å². The van der Waals surface area contributed by atoms with Gasteiger partial charge in [-0.15, -0.1) is 0 Å². The van der Waals surface area contributed by atoms with E-state index in [-0.39, 0.29) is 11.8 Å². The minimum Gasteiger partial charge on any atom is -0.506 e. The molecule has 0 fully saturated rings. The highest BCUT2D eigenvalue weighted by molar-refractivity contribution is 5.95. The molecule has 3 heteroatoms. The highest BCUT2D eigenvalue weighted by Crippen LogP contribution is 2.35. The van der Waals surface area contributed by atoms with E-state index in [1.54, 1.807) is 6.07 Å². The standard InChI is InChI=1S/C18H16N2O/c1-13(14-7-3-2-4-8-14)19-20-18-16-10-6-5-9-15(16)11-12-17(18)21/h2-13,21H,1H3. The van der Waals surface area contributed by atoms with Crippen molar-refractivity contribution >= 4 is 16.5 Å². The first-order valence-electron chi connectivity index (χ1n) is 6.92. The molecule has 3 aromatic rings. The van der Waals surface area contributed by atoms with Crippen molar-refractivity contribution in [1.29, 1.82) is 0 Å². The fourth-order valence-corrected chi connectivity index (χ4v) is 2.29. The molecule has 0 bridgehead atoms. The van der Waals surface area contributed by atoms with Gasteiger partial charge in [0.05, 0.1) is 6.04 Å². The van der Waals surface area contributed by atoms with Gasteiger partial charge in [0, 0.05) is 5.39 Å². The van der Waals surface area contributed by atoms with Crippen molar-refractivity contribution in [3.05, 3.63) is 72.3 Å². The lowest BCUT2D eigenvalue weighted by Crippen LogP contribution is -1.87. The van der Waals surface area contributed by atoms with Crippen LogP contribution >= 0.6 is 0 Å². The number of aromatic hydroxyl groups is 1. The zero-order valence-electron chi connectivity index (χ0n) is 11.8. The fourth-order valence-electron chi connectivity index (χ4n) is 2.29. The molecule has 21 heavy (non-hydrogen) atoms. The Kier molecular flexibility index (Phi) is 3.65. The summed E-state index contributed by atoms with van der Waals surface area (Å²) in [7, 11) is 0. The lowest BCUT2D eigenvalue weighted by Gasteiger charge is -2.07. The predicted octanol–water partition coefficient (Wildman–Crippen LogP) is 5.39. The second-order valence-electron chi connectivity index (χ2n) is 4.96. The zero-order valence-corrected chi connectivity index (χ0v) is 11.8. The maximum atomic E-state index is 10.0. The van der Waals surface area contributed by atoms with Crippen molar-refractivity contribution in [3.8, 4) is 5.75 Å². The summed E-state index contributed by atoms with van der Waals surface area (Å²) < 4.78 is 0. The number of fused-ring (bicyclic) bond motifs is 1. The van der Waals surface area contributed by atoms with Crippen LogP contribution < -0.4 is 0 Å². The summed E-state index contributed by atoms with van der Waals surface area (Å²) in [6.07, 6.45) is 0. The van der Waals surface area contributed by atoms with Gasteiger partial charge in [0.1, 0.15) is 11.4 Å². The molecule has 3 nitrogen and oxygen atoms in total. The SMILES string of the molecule is CC(N=Nc1c(O)ccc2ccccc12)c1ccccc1. The molecule has 0 spiro atoms. The van der Waals surface area contributed by atoms with Crippen molar-refractivity contribution in [2.24, 2.45) is 10.2 Å². The Bertz CT molecular complexity index is 782. The van der Waals surface area contributed by atoms with Crippen LogP contribution in [0.4, 0.5) is 5.69 Å². The van der Waals surface area contributed by atoms with Crippen LogP contribution in [0, 0.1) is 0 Å². The summed E-state index contributed by atoms with van der Waals surface area (Å²) in [5.74, 6) is 0.151. The zero-order chi connectivity index (χ0) is 14.7. The van der Waals surface area contributed by atoms with Gasteiger partial charge in [-0.05, 0) is 23.9 Å². The van der Waals surface area contributed by atoms with Crippen LogP contribution in [0.15, 0.2) is 77.0 Å². The molecule has 1 N–H and O–H groups in total. The highest BCUT2D eigenvalue weighted by atomic mass is 16.3. The Morgan fingerprint density at radius 2 is 1.57 bits per heavy atom. The maximum absolute atomic E-state index is 10.0. The molecule has 104 valence electrons. The lowest BCUT2D eigenvalue weighted by atomic mass is 10.1. The van der Waals surface area contributed by atoms with E-state index in [4.69, 9.17) is 0 Å². The van der Waals surface area contributed by atoms with Gasteiger partial charge in [-0.25, -0.2) is 0 Å². The quantitative estimate of drug-likeness (QED) is 0.640. The molecule has 0 aliphatic heterocycles. The molecule has 3 rings (SSSR count). The van der Waals surface area contributed by atoms with E-state index in [1.165, 1.54) is 0 Å². The van der Waals surface area contributed by atoms with E-state index in [0.29, 0.717) is 5.69 Å². The average molecular weight is 276 g/mol. The fraction of sp³-hybridized carbons (Fsp3) is 0.111. The first kappa shape index (κ1) is 13.3. The van der Waals surface area contributed by atoms with Crippen LogP contribution in [0.1, 0.15) is 18.5 Å². The molecule has 3 aromatic carbocycles. The molecule has 0 amide bonds. The molecule has 0 saturated carbocycles. The molecule has 0 aliphatic carbocycles. The summed E-state index contributed by atoms with van der Waals surface area (Å²) in [5, 5.41) is 20.6. The van der Waals surface area contributed by atoms with Crippen LogP contribution in [0.5, 0.6) is 5.75 Å². The van der Waals surface area contributed by atoms with Crippen LogP contribution in [-0.2, 0) is 0 Å². The van der Waals surface area contributed by atoms with Gasteiger partial charge in [-0.1, -0.05) is 60.7 Å². The van der Waals surface area contributed by atoms with Gasteiger partial charge in [0.2, 0.25) is 0 Å². The molecule has 0 heterocycles. The smallest absolute Gasteiger partial charge is 0.143 e. The van der Waals surface area contributed by atoms with Crippen molar-refractivity contribution in [2.45, 2.75) is 13.0 Å². The highest BCUT2D eigenvalue weighted by Gasteiger charge is 2.07. The Morgan fingerprint density at radius 1 is 0.857 bits per heavy atom. The number of hydrogen-bond donors (Lipinski definition) is 1. The van der Waals surface area contributed by atoms with Gasteiger partial charge < -0.3 is 5.11 Å². The van der Waals surface area contributed by atoms with Crippen LogP contribution in [0.25, 0.3) is 10.8 Å². The van der Waals surface area contributed by atoms with Crippen molar-refractivity contribution < 1.29 is 5.11 Å². The van der Waals surface area contributed by atoms with Crippen molar-refractivity contribution in [3.63, 3.8) is 0 Å². The molecule has 1 atom stereocenters. The number of azo groups is 1. The third-order valence-electron chi connectivity index (χ3n) is 3.49. The third kappa shape index (κ3) is 2.77. The van der Waals surface area contributed by atoms with Crippen LogP contribution in [-0.4, -0.2) is 5.11 Å². The monoisotopic (exact) mass is 276 g/mol. The first-order valence-corrected chi connectivity index (χ1v) is 6.92. The molecule has 0 saturated heterocycles. The predicted molar refractivity (Wildman–Crippen MR) is 85.0 cm³/mol. The van der Waals surface area contributed by atoms with Crippen molar-refractivity contribution in [1.82, 2.24) is 0 Å². The Morgan fingerprint density at radius 3 is 2.38 bits per heavy atom. The van der Waals surface area contributed by atoms with Gasteiger partial charge in [-0.2, -0.15) is 10.2 Å². The molecule has 1 unspecified atom stereocenters. The van der Waals surface area contributed by atoms with E-state index in [9.17, 15) is 5.11 Å². The maximum Gasteiger partial charge on any atom is 0.143 e. The van der Waals surface area contributed by atoms with Crippen molar-refractivity contribution in [2.75, 3.05) is 0 Å². The van der Waals surface area contributed by atoms with E-state index >= 15 is 0 Å². The largest absolute Gasteiger partial charge is 0.506 e. The summed E-state index contributed by atoms with van der Waals surface area (Å²) in [4.78, 5) is 0. The van der Waals surface area contributed by atoms with Crippen LogP contribution in [0.2, 0.25) is 0 Å². The summed E-state index contributed by atoms with van der Waals surface area (Å²) in [5.41, 5.74) is 1.62. The van der Waals surface area contributed by atoms with Gasteiger partial charge in [-0.3, -0.25) is 0 Å². The minimum atomic E-state index is -0.0513. The normalized spacial score (nSPS) is 12.8. The number of nitrogens with zero attached hydrogens (tertiary/aromatic N) is 2. The Hall–Kier alpha value is -2.68. The molecular weight excluding hydrogens is 260 g/mol. The first-order chi connectivity index (χ1) is 10.3. The summed E-state index contributed by atoms with van der Waals surface area (Å²) in [6, 6.07) is 21.3. The Labute approximate surface area is 123 Å². The minimum absolute atomic E-state index is 0.0513. The average Bonchev–Trinajstić information content (AvgIpc) is 2.54. The molecule has 0 aliphatic rings. The molecular formula is C18H16N2O. The summed E-state index contributed by atoms with van der Waals surface area (Å²) in [6.45, 7) is 1.99. The third-order valence-corrected chi connectivity index (χ3v) is 3.49. The summed E-state index contributed by atoms with van der Waals surface area (Å²) >= 11 is 0. The topological polar surface area (TPSA) is 45.0 Å². The second-order valence-corrected chi connectivity index (χ2v) is 4.96. The van der Waals surface area contributed by atoms with Gasteiger partial charge in [0.15, 0.2) is 0 Å². The number of phenolic OH excluding ortho intramolecular Hbond substituents is 1. The van der Waals surface area contributed by atoms with E-state index in [2.05, 4.69) is 10.2 Å².